The van der Waals surface area contributed by atoms with Gasteiger partial charge in [0.1, 0.15) is 5.75 Å². The Morgan fingerprint density at radius 3 is 2.09 bits per heavy atom. The van der Waals surface area contributed by atoms with Crippen LogP contribution in [0.2, 0.25) is 0 Å². The standard InChI is InChI=1S/C15H20F3NO.C2H6/c1-2-3-12-8-10-19(11-9-12)13-4-6-14(7-5-13)20-15(16,17)18;1-2/h4-7,12H,2-3,8-11H2,1H3;1-2H3. The van der Waals surface area contributed by atoms with Crippen molar-refractivity contribution in [1.82, 2.24) is 0 Å². The molecule has 2 rings (SSSR count). The summed E-state index contributed by atoms with van der Waals surface area (Å²) >= 11 is 0. The molecule has 1 aromatic carbocycles. The van der Waals surface area contributed by atoms with Crippen molar-refractivity contribution in [3.05, 3.63) is 24.3 Å². The van der Waals surface area contributed by atoms with E-state index in [1.807, 2.05) is 13.8 Å². The highest BCUT2D eigenvalue weighted by Gasteiger charge is 2.31. The fraction of sp³-hybridized carbons (Fsp3) is 0.647. The molecule has 126 valence electrons. The van der Waals surface area contributed by atoms with Crippen molar-refractivity contribution in [2.45, 2.75) is 52.8 Å². The minimum atomic E-state index is -4.62. The first-order valence-corrected chi connectivity index (χ1v) is 8.08. The number of nitrogens with zero attached hydrogens (tertiary/aromatic N) is 1. The molecule has 0 amide bonds. The lowest BCUT2D eigenvalue weighted by Gasteiger charge is -2.33. The smallest absolute Gasteiger partial charge is 0.406 e. The molecule has 0 radical (unpaired) electrons. The second-order valence-electron chi connectivity index (χ2n) is 5.26. The number of halogens is 3. The quantitative estimate of drug-likeness (QED) is 0.714. The Labute approximate surface area is 131 Å². The summed E-state index contributed by atoms with van der Waals surface area (Å²) in [6.45, 7) is 8.15. The van der Waals surface area contributed by atoms with Crippen LogP contribution >= 0.6 is 0 Å². The van der Waals surface area contributed by atoms with Crippen LogP contribution in [0.3, 0.4) is 0 Å². The van der Waals surface area contributed by atoms with Gasteiger partial charge in [0, 0.05) is 18.8 Å². The average Bonchev–Trinajstić information content (AvgIpc) is 2.50. The Balaban J connectivity index is 0.00000116. The molecule has 1 aromatic rings. The highest BCUT2D eigenvalue weighted by Crippen LogP contribution is 2.28. The molecule has 1 fully saturated rings. The van der Waals surface area contributed by atoms with E-state index in [1.54, 1.807) is 12.1 Å². The number of piperidine rings is 1. The Morgan fingerprint density at radius 1 is 1.09 bits per heavy atom. The predicted octanol–water partition coefficient (Wildman–Crippen LogP) is 5.63. The highest BCUT2D eigenvalue weighted by atomic mass is 19.4. The largest absolute Gasteiger partial charge is 0.573 e. The third-order valence-electron chi connectivity index (χ3n) is 3.75. The Hall–Kier alpha value is -1.39. The number of alkyl halides is 3. The van der Waals surface area contributed by atoms with Gasteiger partial charge in [-0.25, -0.2) is 0 Å². The second kappa shape index (κ2) is 8.91. The third-order valence-corrected chi connectivity index (χ3v) is 3.75. The molecule has 0 bridgehead atoms. The number of hydrogen-bond acceptors (Lipinski definition) is 2. The van der Waals surface area contributed by atoms with Crippen LogP contribution in [-0.4, -0.2) is 19.5 Å². The van der Waals surface area contributed by atoms with E-state index >= 15 is 0 Å². The number of anilines is 1. The molecule has 1 aliphatic heterocycles. The molecule has 0 N–H and O–H groups in total. The summed E-state index contributed by atoms with van der Waals surface area (Å²) < 4.78 is 40.1. The van der Waals surface area contributed by atoms with Crippen molar-refractivity contribution in [3.63, 3.8) is 0 Å². The first kappa shape index (κ1) is 18.7. The topological polar surface area (TPSA) is 12.5 Å². The van der Waals surface area contributed by atoms with Crippen LogP contribution < -0.4 is 9.64 Å². The van der Waals surface area contributed by atoms with E-state index in [0.717, 1.165) is 37.5 Å². The van der Waals surface area contributed by atoms with Gasteiger partial charge in [0.25, 0.3) is 0 Å². The van der Waals surface area contributed by atoms with E-state index in [9.17, 15) is 13.2 Å². The normalized spacial score (nSPS) is 16.0. The van der Waals surface area contributed by atoms with Crippen LogP contribution in [0, 0.1) is 5.92 Å². The minimum Gasteiger partial charge on any atom is -0.406 e. The molecule has 0 aliphatic carbocycles. The van der Waals surface area contributed by atoms with Gasteiger partial charge in [-0.1, -0.05) is 33.6 Å². The van der Waals surface area contributed by atoms with Crippen molar-refractivity contribution < 1.29 is 17.9 Å². The SMILES string of the molecule is CC.CCCC1CCN(c2ccc(OC(F)(F)F)cc2)CC1. The second-order valence-corrected chi connectivity index (χ2v) is 5.26. The maximum Gasteiger partial charge on any atom is 0.573 e. The summed E-state index contributed by atoms with van der Waals surface area (Å²) in [5, 5.41) is 0. The van der Waals surface area contributed by atoms with Crippen molar-refractivity contribution in [2.75, 3.05) is 18.0 Å². The molecule has 1 saturated heterocycles. The lowest BCUT2D eigenvalue weighted by atomic mass is 9.92. The van der Waals surface area contributed by atoms with Crippen molar-refractivity contribution in [3.8, 4) is 5.75 Å². The van der Waals surface area contributed by atoms with Crippen molar-refractivity contribution >= 4 is 5.69 Å². The lowest BCUT2D eigenvalue weighted by Crippen LogP contribution is -2.33. The van der Waals surface area contributed by atoms with Crippen LogP contribution in [0.4, 0.5) is 18.9 Å². The summed E-state index contributed by atoms with van der Waals surface area (Å²) in [4.78, 5) is 2.23. The Bertz CT molecular complexity index is 409. The zero-order chi connectivity index (χ0) is 16.6. The summed E-state index contributed by atoms with van der Waals surface area (Å²) in [5.74, 6) is 0.631. The molecule has 0 spiro atoms. The Morgan fingerprint density at radius 2 is 1.64 bits per heavy atom. The van der Waals surface area contributed by atoms with Gasteiger partial charge < -0.3 is 9.64 Å². The van der Waals surface area contributed by atoms with Crippen molar-refractivity contribution in [2.24, 2.45) is 5.92 Å². The summed E-state index contributed by atoms with van der Waals surface area (Å²) in [5.41, 5.74) is 0.967. The molecule has 0 atom stereocenters. The maximum atomic E-state index is 12.1. The monoisotopic (exact) mass is 317 g/mol. The highest BCUT2D eigenvalue weighted by molar-refractivity contribution is 5.49. The molecule has 1 aliphatic rings. The van der Waals surface area contributed by atoms with E-state index < -0.39 is 6.36 Å². The van der Waals surface area contributed by atoms with Crippen LogP contribution in [0.25, 0.3) is 0 Å². The van der Waals surface area contributed by atoms with Gasteiger partial charge in [-0.2, -0.15) is 0 Å². The molecular weight excluding hydrogens is 291 g/mol. The maximum absolute atomic E-state index is 12.1. The summed E-state index contributed by atoms with van der Waals surface area (Å²) in [6.07, 6.45) is 0.184. The summed E-state index contributed by atoms with van der Waals surface area (Å²) in [7, 11) is 0. The van der Waals surface area contributed by atoms with Crippen LogP contribution in [0.1, 0.15) is 46.5 Å². The number of benzene rings is 1. The van der Waals surface area contributed by atoms with E-state index in [4.69, 9.17) is 0 Å². The molecular formula is C17H26F3NO. The summed E-state index contributed by atoms with van der Waals surface area (Å²) in [6, 6.07) is 6.14. The predicted molar refractivity (Wildman–Crippen MR) is 84.3 cm³/mol. The molecule has 0 saturated carbocycles. The molecule has 22 heavy (non-hydrogen) atoms. The Kier molecular flexibility index (Phi) is 7.56. The van der Waals surface area contributed by atoms with Crippen molar-refractivity contribution in [1.29, 1.82) is 0 Å². The van der Waals surface area contributed by atoms with Crippen LogP contribution in [0.5, 0.6) is 5.75 Å². The number of rotatable bonds is 4. The van der Waals surface area contributed by atoms with Gasteiger partial charge in [-0.05, 0) is 43.0 Å². The molecule has 1 heterocycles. The molecule has 0 unspecified atom stereocenters. The fourth-order valence-electron chi connectivity index (χ4n) is 2.75. The minimum absolute atomic E-state index is 0.165. The fourth-order valence-corrected chi connectivity index (χ4v) is 2.75. The van der Waals surface area contributed by atoms with E-state index in [1.165, 1.54) is 25.0 Å². The molecule has 0 aromatic heterocycles. The lowest BCUT2D eigenvalue weighted by molar-refractivity contribution is -0.274. The van der Waals surface area contributed by atoms with Gasteiger partial charge in [0.2, 0.25) is 0 Å². The van der Waals surface area contributed by atoms with E-state index in [0.29, 0.717) is 0 Å². The zero-order valence-corrected chi connectivity index (χ0v) is 13.6. The number of ether oxygens (including phenoxy) is 1. The number of hydrogen-bond donors (Lipinski definition) is 0. The first-order chi connectivity index (χ1) is 10.5. The van der Waals surface area contributed by atoms with Gasteiger partial charge in [-0.3, -0.25) is 0 Å². The first-order valence-electron chi connectivity index (χ1n) is 8.08. The van der Waals surface area contributed by atoms with E-state index in [-0.39, 0.29) is 5.75 Å². The third kappa shape index (κ3) is 6.16. The molecule has 2 nitrogen and oxygen atoms in total. The zero-order valence-electron chi connectivity index (χ0n) is 13.6. The molecule has 5 heteroatoms. The van der Waals surface area contributed by atoms with Gasteiger partial charge in [0.05, 0.1) is 0 Å². The van der Waals surface area contributed by atoms with Gasteiger partial charge in [0.15, 0.2) is 0 Å². The van der Waals surface area contributed by atoms with Crippen LogP contribution in [0.15, 0.2) is 24.3 Å². The van der Waals surface area contributed by atoms with E-state index in [2.05, 4.69) is 16.6 Å². The van der Waals surface area contributed by atoms with Crippen LogP contribution in [-0.2, 0) is 0 Å². The average molecular weight is 317 g/mol. The van der Waals surface area contributed by atoms with Gasteiger partial charge in [-0.15, -0.1) is 13.2 Å². The van der Waals surface area contributed by atoms with Gasteiger partial charge >= 0.3 is 6.36 Å².